The zero-order valence-corrected chi connectivity index (χ0v) is 13.6. The van der Waals surface area contributed by atoms with Crippen molar-refractivity contribution in [1.29, 1.82) is 0 Å². The Morgan fingerprint density at radius 1 is 1.19 bits per heavy atom. The minimum absolute atomic E-state index is 0.0429. The van der Waals surface area contributed by atoms with E-state index >= 15 is 0 Å². The third kappa shape index (κ3) is 4.75. The Morgan fingerprint density at radius 2 is 1.90 bits per heavy atom. The number of aromatic nitrogens is 1. The molecule has 0 amide bonds. The molecule has 1 aromatic heterocycles. The van der Waals surface area contributed by atoms with Gasteiger partial charge in [0.25, 0.3) is 0 Å². The van der Waals surface area contributed by atoms with Crippen LogP contribution in [0.15, 0.2) is 53.7 Å². The minimum atomic E-state index is -3.40. The summed E-state index contributed by atoms with van der Waals surface area (Å²) in [7, 11) is -3.40. The Balaban J connectivity index is 2.04. The number of hydrogen-bond acceptors (Lipinski definition) is 4. The third-order valence-corrected chi connectivity index (χ3v) is 5.20. The van der Waals surface area contributed by atoms with E-state index in [0.29, 0.717) is 5.69 Å². The number of rotatable bonds is 6. The van der Waals surface area contributed by atoms with Crippen LogP contribution in [0.3, 0.4) is 0 Å². The van der Waals surface area contributed by atoms with Crippen molar-refractivity contribution < 1.29 is 8.42 Å². The van der Waals surface area contributed by atoms with Crippen LogP contribution in [0.25, 0.3) is 0 Å². The number of benzene rings is 1. The second-order valence-corrected chi connectivity index (χ2v) is 7.38. The molecule has 0 saturated heterocycles. The summed E-state index contributed by atoms with van der Waals surface area (Å²) in [5.74, 6) is -0.0245. The van der Waals surface area contributed by atoms with Gasteiger partial charge >= 0.3 is 0 Å². The molecule has 0 fully saturated rings. The highest BCUT2D eigenvalue weighted by atomic mass is 32.2. The van der Waals surface area contributed by atoms with E-state index in [4.69, 9.17) is 0 Å². The summed E-state index contributed by atoms with van der Waals surface area (Å²) in [6.45, 7) is 1.91. The monoisotopic (exact) mass is 322 g/mol. The van der Waals surface area contributed by atoms with Crippen molar-refractivity contribution in [2.45, 2.75) is 17.9 Å². The van der Waals surface area contributed by atoms with Crippen molar-refractivity contribution in [2.75, 3.05) is 16.7 Å². The highest BCUT2D eigenvalue weighted by molar-refractivity contribution is 7.98. The van der Waals surface area contributed by atoms with Crippen LogP contribution in [0.4, 0.5) is 5.69 Å². The predicted octanol–water partition coefficient (Wildman–Crippen LogP) is 3.35. The van der Waals surface area contributed by atoms with Gasteiger partial charge in [-0.05, 0) is 29.9 Å². The average molecular weight is 322 g/mol. The number of anilines is 1. The summed E-state index contributed by atoms with van der Waals surface area (Å²) in [5, 5.41) is 0.857. The molecular weight excluding hydrogens is 304 g/mol. The van der Waals surface area contributed by atoms with E-state index in [1.54, 1.807) is 12.1 Å². The molecule has 4 nitrogen and oxygen atoms in total. The molecule has 2 aromatic rings. The van der Waals surface area contributed by atoms with Gasteiger partial charge in [0, 0.05) is 0 Å². The van der Waals surface area contributed by atoms with Gasteiger partial charge in [-0.25, -0.2) is 13.4 Å². The van der Waals surface area contributed by atoms with Crippen LogP contribution in [-0.4, -0.2) is 25.4 Å². The topological polar surface area (TPSA) is 59.1 Å². The molecule has 1 atom stereocenters. The Kier molecular flexibility index (Phi) is 5.25. The number of pyridine rings is 1. The first-order valence-electron chi connectivity index (χ1n) is 6.55. The van der Waals surface area contributed by atoms with Gasteiger partial charge in [-0.15, -0.1) is 11.8 Å². The Hall–Kier alpha value is -1.53. The maximum absolute atomic E-state index is 12.2. The molecule has 0 unspecified atom stereocenters. The van der Waals surface area contributed by atoms with Crippen LogP contribution >= 0.6 is 11.8 Å². The van der Waals surface area contributed by atoms with Crippen molar-refractivity contribution in [1.82, 2.24) is 4.98 Å². The molecule has 2 rings (SSSR count). The molecule has 0 aliphatic carbocycles. The molecule has 112 valence electrons. The second-order valence-electron chi connectivity index (χ2n) is 4.78. The van der Waals surface area contributed by atoms with Crippen molar-refractivity contribution in [3.05, 3.63) is 54.2 Å². The Labute approximate surface area is 130 Å². The van der Waals surface area contributed by atoms with Gasteiger partial charge in [0.15, 0.2) is 0 Å². The van der Waals surface area contributed by atoms with Gasteiger partial charge in [-0.3, -0.25) is 4.72 Å². The van der Waals surface area contributed by atoms with Crippen LogP contribution in [0.1, 0.15) is 18.4 Å². The first-order valence-corrected chi connectivity index (χ1v) is 9.43. The molecule has 0 bridgehead atoms. The van der Waals surface area contributed by atoms with E-state index in [1.807, 2.05) is 43.5 Å². The number of nitrogens with one attached hydrogen (secondary N) is 1. The van der Waals surface area contributed by atoms with E-state index in [2.05, 4.69) is 9.71 Å². The third-order valence-electron chi connectivity index (χ3n) is 3.06. The first kappa shape index (κ1) is 15.9. The summed E-state index contributed by atoms with van der Waals surface area (Å²) in [6, 6.07) is 13.1. The molecule has 0 radical (unpaired) electrons. The second kappa shape index (κ2) is 6.95. The van der Waals surface area contributed by atoms with Crippen molar-refractivity contribution in [3.63, 3.8) is 0 Å². The van der Waals surface area contributed by atoms with Gasteiger partial charge in [-0.1, -0.05) is 37.3 Å². The largest absolute Gasteiger partial charge is 0.282 e. The summed E-state index contributed by atoms with van der Waals surface area (Å²) < 4.78 is 27.0. The predicted molar refractivity (Wildman–Crippen MR) is 88.3 cm³/mol. The van der Waals surface area contributed by atoms with Crippen molar-refractivity contribution >= 4 is 27.5 Å². The van der Waals surface area contributed by atoms with Crippen molar-refractivity contribution in [2.24, 2.45) is 0 Å². The molecule has 0 aliphatic rings. The van der Waals surface area contributed by atoms with Crippen LogP contribution in [0.5, 0.6) is 0 Å². The molecule has 6 heteroatoms. The zero-order chi connectivity index (χ0) is 15.3. The van der Waals surface area contributed by atoms with Crippen LogP contribution in [-0.2, 0) is 10.0 Å². The Bertz CT molecular complexity index is 671. The SMILES string of the molecule is CSc1ccc(NS(=O)(=O)C[C@H](C)c2ccccc2)cn1. The average Bonchev–Trinajstić information content (AvgIpc) is 2.48. The molecule has 0 saturated carbocycles. The van der Waals surface area contributed by atoms with E-state index in [9.17, 15) is 8.42 Å². The maximum atomic E-state index is 12.2. The van der Waals surface area contributed by atoms with Gasteiger partial charge in [0.05, 0.1) is 22.7 Å². The van der Waals surface area contributed by atoms with E-state index in [-0.39, 0.29) is 11.7 Å². The van der Waals surface area contributed by atoms with E-state index in [1.165, 1.54) is 18.0 Å². The lowest BCUT2D eigenvalue weighted by Crippen LogP contribution is -2.20. The molecular formula is C15H18N2O2S2. The molecule has 21 heavy (non-hydrogen) atoms. The highest BCUT2D eigenvalue weighted by Crippen LogP contribution is 2.19. The molecule has 1 heterocycles. The lowest BCUT2D eigenvalue weighted by molar-refractivity contribution is 0.595. The summed E-state index contributed by atoms with van der Waals surface area (Å²) in [6.07, 6.45) is 3.46. The van der Waals surface area contributed by atoms with Crippen LogP contribution < -0.4 is 4.72 Å². The smallest absolute Gasteiger partial charge is 0.233 e. The van der Waals surface area contributed by atoms with Gasteiger partial charge in [-0.2, -0.15) is 0 Å². The lowest BCUT2D eigenvalue weighted by atomic mass is 10.0. The van der Waals surface area contributed by atoms with Gasteiger partial charge < -0.3 is 0 Å². The number of nitrogens with zero attached hydrogens (tertiary/aromatic N) is 1. The maximum Gasteiger partial charge on any atom is 0.233 e. The minimum Gasteiger partial charge on any atom is -0.282 e. The number of sulfonamides is 1. The zero-order valence-electron chi connectivity index (χ0n) is 12.0. The molecule has 1 N–H and O–H groups in total. The van der Waals surface area contributed by atoms with E-state index in [0.717, 1.165) is 10.6 Å². The van der Waals surface area contributed by atoms with Crippen molar-refractivity contribution in [3.8, 4) is 0 Å². The van der Waals surface area contributed by atoms with E-state index < -0.39 is 10.0 Å². The van der Waals surface area contributed by atoms with Crippen LogP contribution in [0, 0.1) is 0 Å². The normalized spacial score (nSPS) is 12.9. The molecule has 0 aliphatic heterocycles. The molecule has 1 aromatic carbocycles. The summed E-state index contributed by atoms with van der Waals surface area (Å²) in [5.41, 5.74) is 1.51. The van der Waals surface area contributed by atoms with Gasteiger partial charge in [0.2, 0.25) is 10.0 Å². The summed E-state index contributed by atoms with van der Waals surface area (Å²) >= 11 is 1.52. The van der Waals surface area contributed by atoms with Gasteiger partial charge in [0.1, 0.15) is 0 Å². The lowest BCUT2D eigenvalue weighted by Gasteiger charge is -2.13. The highest BCUT2D eigenvalue weighted by Gasteiger charge is 2.17. The fourth-order valence-corrected chi connectivity index (χ4v) is 3.77. The fraction of sp³-hybridized carbons (Fsp3) is 0.267. The Morgan fingerprint density at radius 3 is 2.48 bits per heavy atom. The first-order chi connectivity index (χ1) is 10.00. The van der Waals surface area contributed by atoms with Crippen LogP contribution in [0.2, 0.25) is 0 Å². The number of thioether (sulfide) groups is 1. The summed E-state index contributed by atoms with van der Waals surface area (Å²) in [4.78, 5) is 4.15. The molecule has 0 spiro atoms. The standard InChI is InChI=1S/C15H18N2O2S2/c1-12(13-6-4-3-5-7-13)11-21(18,19)17-14-8-9-15(20-2)16-10-14/h3-10,12,17H,11H2,1-2H3/t12-/m0/s1. The quantitative estimate of drug-likeness (QED) is 0.829. The fourth-order valence-electron chi connectivity index (χ4n) is 1.99. The number of hydrogen-bond donors (Lipinski definition) is 1.